The molecule has 0 atom stereocenters. The molecule has 0 heterocycles. The SMILES string of the molecule is CC(C)N=C(N)NC(=O)C=Cc1ccccc1C(F)(F)F. The molecule has 3 N–H and O–H groups in total. The summed E-state index contributed by atoms with van der Waals surface area (Å²) in [7, 11) is 0. The van der Waals surface area contributed by atoms with Crippen molar-refractivity contribution < 1.29 is 18.0 Å². The highest BCUT2D eigenvalue weighted by Gasteiger charge is 2.32. The number of nitrogens with one attached hydrogen (secondary N) is 1. The van der Waals surface area contributed by atoms with Gasteiger partial charge in [0.25, 0.3) is 5.91 Å². The summed E-state index contributed by atoms with van der Waals surface area (Å²) in [6.07, 6.45) is -2.41. The average Bonchev–Trinajstić information content (AvgIpc) is 2.34. The first-order valence-electron chi connectivity index (χ1n) is 6.18. The Hall–Kier alpha value is -2.31. The minimum absolute atomic E-state index is 0.0799. The van der Waals surface area contributed by atoms with Crippen molar-refractivity contribution >= 4 is 17.9 Å². The number of hydrogen-bond acceptors (Lipinski definition) is 2. The van der Waals surface area contributed by atoms with E-state index >= 15 is 0 Å². The van der Waals surface area contributed by atoms with Crippen LogP contribution in [0.5, 0.6) is 0 Å². The van der Waals surface area contributed by atoms with E-state index in [2.05, 4.69) is 10.3 Å². The quantitative estimate of drug-likeness (QED) is 0.512. The van der Waals surface area contributed by atoms with Crippen LogP contribution >= 0.6 is 0 Å². The predicted octanol–water partition coefficient (Wildman–Crippen LogP) is 2.56. The van der Waals surface area contributed by atoms with Crippen LogP contribution in [0.2, 0.25) is 0 Å². The van der Waals surface area contributed by atoms with Crippen LogP contribution in [-0.4, -0.2) is 17.9 Å². The Kier molecular flexibility index (Phi) is 5.52. The normalized spacial score (nSPS) is 13.0. The maximum atomic E-state index is 12.8. The molecule has 1 amide bonds. The van der Waals surface area contributed by atoms with Gasteiger partial charge in [-0.3, -0.25) is 15.1 Å². The second-order valence-corrected chi connectivity index (χ2v) is 4.52. The van der Waals surface area contributed by atoms with E-state index in [0.717, 1.165) is 18.2 Å². The van der Waals surface area contributed by atoms with Gasteiger partial charge in [-0.1, -0.05) is 18.2 Å². The van der Waals surface area contributed by atoms with Crippen molar-refractivity contribution in [2.75, 3.05) is 0 Å². The van der Waals surface area contributed by atoms with Crippen LogP contribution in [0.15, 0.2) is 35.3 Å². The van der Waals surface area contributed by atoms with Crippen LogP contribution in [0, 0.1) is 0 Å². The zero-order chi connectivity index (χ0) is 16.0. The van der Waals surface area contributed by atoms with Crippen molar-refractivity contribution in [1.29, 1.82) is 0 Å². The minimum Gasteiger partial charge on any atom is -0.370 e. The first kappa shape index (κ1) is 16.7. The fraction of sp³-hybridized carbons (Fsp3) is 0.286. The van der Waals surface area contributed by atoms with E-state index in [-0.39, 0.29) is 17.6 Å². The van der Waals surface area contributed by atoms with E-state index in [4.69, 9.17) is 5.73 Å². The number of nitrogens with zero attached hydrogens (tertiary/aromatic N) is 1. The topological polar surface area (TPSA) is 67.5 Å². The van der Waals surface area contributed by atoms with E-state index in [1.54, 1.807) is 13.8 Å². The van der Waals surface area contributed by atoms with Crippen molar-refractivity contribution in [2.45, 2.75) is 26.1 Å². The molecule has 0 aromatic heterocycles. The molecule has 0 aliphatic rings. The predicted molar refractivity (Wildman–Crippen MR) is 75.4 cm³/mol. The molecule has 0 fully saturated rings. The lowest BCUT2D eigenvalue weighted by Crippen LogP contribution is -2.36. The Labute approximate surface area is 120 Å². The summed E-state index contributed by atoms with van der Waals surface area (Å²) in [6, 6.07) is 4.87. The van der Waals surface area contributed by atoms with Crippen molar-refractivity contribution in [3.8, 4) is 0 Å². The molecular formula is C14H16F3N3O. The molecule has 0 aliphatic heterocycles. The third-order valence-corrected chi connectivity index (χ3v) is 2.33. The lowest BCUT2D eigenvalue weighted by atomic mass is 10.1. The molecular weight excluding hydrogens is 283 g/mol. The number of benzene rings is 1. The van der Waals surface area contributed by atoms with Gasteiger partial charge >= 0.3 is 6.18 Å². The van der Waals surface area contributed by atoms with Crippen LogP contribution in [0.25, 0.3) is 6.08 Å². The summed E-state index contributed by atoms with van der Waals surface area (Å²) >= 11 is 0. The molecule has 1 aromatic rings. The summed E-state index contributed by atoms with van der Waals surface area (Å²) in [5.74, 6) is -0.724. The number of aliphatic imine (C=N–C) groups is 1. The molecule has 7 heteroatoms. The molecule has 1 rings (SSSR count). The van der Waals surface area contributed by atoms with Crippen LogP contribution in [0.4, 0.5) is 13.2 Å². The van der Waals surface area contributed by atoms with Crippen LogP contribution in [0.1, 0.15) is 25.0 Å². The van der Waals surface area contributed by atoms with E-state index in [1.807, 2.05) is 0 Å². The Morgan fingerprint density at radius 1 is 1.33 bits per heavy atom. The summed E-state index contributed by atoms with van der Waals surface area (Å²) in [4.78, 5) is 15.4. The molecule has 0 spiro atoms. The largest absolute Gasteiger partial charge is 0.416 e. The lowest BCUT2D eigenvalue weighted by molar-refractivity contribution is -0.137. The summed E-state index contributed by atoms with van der Waals surface area (Å²) in [5.41, 5.74) is 4.54. The van der Waals surface area contributed by atoms with E-state index in [0.29, 0.717) is 0 Å². The molecule has 0 unspecified atom stereocenters. The van der Waals surface area contributed by atoms with Gasteiger partial charge in [-0.15, -0.1) is 0 Å². The number of hydrogen-bond donors (Lipinski definition) is 2. The second-order valence-electron chi connectivity index (χ2n) is 4.52. The highest BCUT2D eigenvalue weighted by atomic mass is 19.4. The molecule has 4 nitrogen and oxygen atoms in total. The van der Waals surface area contributed by atoms with E-state index in [9.17, 15) is 18.0 Å². The maximum Gasteiger partial charge on any atom is 0.416 e. The van der Waals surface area contributed by atoms with Gasteiger partial charge in [0.05, 0.1) is 5.56 Å². The Bertz CT molecular complexity index is 563. The van der Waals surface area contributed by atoms with E-state index in [1.165, 1.54) is 18.2 Å². The molecule has 0 saturated heterocycles. The highest BCUT2D eigenvalue weighted by molar-refractivity contribution is 6.03. The zero-order valence-corrected chi connectivity index (χ0v) is 11.6. The van der Waals surface area contributed by atoms with Crippen LogP contribution in [0.3, 0.4) is 0 Å². The third kappa shape index (κ3) is 5.68. The fourth-order valence-corrected chi connectivity index (χ4v) is 1.54. The first-order valence-corrected chi connectivity index (χ1v) is 6.18. The summed E-state index contributed by atoms with van der Waals surface area (Å²) in [6.45, 7) is 3.54. The smallest absolute Gasteiger partial charge is 0.370 e. The number of amides is 1. The molecule has 21 heavy (non-hydrogen) atoms. The van der Waals surface area contributed by atoms with Gasteiger partial charge < -0.3 is 5.73 Å². The van der Waals surface area contributed by atoms with Gasteiger partial charge in [-0.25, -0.2) is 0 Å². The number of halogens is 3. The summed E-state index contributed by atoms with van der Waals surface area (Å²) < 4.78 is 38.3. The van der Waals surface area contributed by atoms with Crippen molar-refractivity contribution in [2.24, 2.45) is 10.7 Å². The van der Waals surface area contributed by atoms with Gasteiger partial charge in [-0.2, -0.15) is 13.2 Å². The van der Waals surface area contributed by atoms with Gasteiger partial charge in [0.1, 0.15) is 0 Å². The standard InChI is InChI=1S/C14H16F3N3O/c1-9(2)19-13(18)20-12(21)8-7-10-5-3-4-6-11(10)14(15,16)17/h3-9H,1-2H3,(H3,18,19,20,21). The Morgan fingerprint density at radius 3 is 2.52 bits per heavy atom. The van der Waals surface area contributed by atoms with Crippen molar-refractivity contribution in [1.82, 2.24) is 5.32 Å². The third-order valence-electron chi connectivity index (χ3n) is 2.33. The van der Waals surface area contributed by atoms with Crippen molar-refractivity contribution in [3.05, 3.63) is 41.5 Å². The minimum atomic E-state index is -4.48. The van der Waals surface area contributed by atoms with Crippen molar-refractivity contribution in [3.63, 3.8) is 0 Å². The van der Waals surface area contributed by atoms with Gasteiger partial charge in [-0.05, 0) is 31.6 Å². The molecule has 114 valence electrons. The highest BCUT2D eigenvalue weighted by Crippen LogP contribution is 2.32. The average molecular weight is 299 g/mol. The number of guanidine groups is 1. The van der Waals surface area contributed by atoms with Crippen LogP contribution in [-0.2, 0) is 11.0 Å². The summed E-state index contributed by atoms with van der Waals surface area (Å²) in [5, 5.41) is 2.26. The van der Waals surface area contributed by atoms with E-state index < -0.39 is 17.6 Å². The number of alkyl halides is 3. The number of nitrogens with two attached hydrogens (primary N) is 1. The number of rotatable bonds is 3. The lowest BCUT2D eigenvalue weighted by Gasteiger charge is -2.09. The van der Waals surface area contributed by atoms with Gasteiger partial charge in [0.15, 0.2) is 5.96 Å². The number of carbonyl (C=O) groups excluding carboxylic acids is 1. The Morgan fingerprint density at radius 2 is 1.95 bits per heavy atom. The zero-order valence-electron chi connectivity index (χ0n) is 11.6. The Balaban J connectivity index is 2.85. The van der Waals surface area contributed by atoms with Gasteiger partial charge in [0, 0.05) is 12.1 Å². The molecule has 0 aliphatic carbocycles. The molecule has 1 aromatic carbocycles. The molecule has 0 bridgehead atoms. The monoisotopic (exact) mass is 299 g/mol. The second kappa shape index (κ2) is 6.92. The number of carbonyl (C=O) groups is 1. The first-order chi connectivity index (χ1) is 9.70. The maximum absolute atomic E-state index is 12.8. The molecule has 0 saturated carbocycles. The van der Waals surface area contributed by atoms with Gasteiger partial charge in [0.2, 0.25) is 0 Å². The fourth-order valence-electron chi connectivity index (χ4n) is 1.54. The van der Waals surface area contributed by atoms with Crippen LogP contribution < -0.4 is 11.1 Å². The molecule has 0 radical (unpaired) electrons.